The Morgan fingerprint density at radius 2 is 2.24 bits per heavy atom. The van der Waals surface area contributed by atoms with Crippen LogP contribution in [-0.4, -0.2) is 28.5 Å². The first kappa shape index (κ1) is 15.1. The summed E-state index contributed by atoms with van der Waals surface area (Å²) in [5, 5.41) is 2.92. The first-order valence-corrected chi connectivity index (χ1v) is 6.68. The zero-order chi connectivity index (χ0) is 15.4. The summed E-state index contributed by atoms with van der Waals surface area (Å²) in [6.45, 7) is 3.69. The van der Waals surface area contributed by atoms with E-state index in [0.29, 0.717) is 16.9 Å². The van der Waals surface area contributed by atoms with Gasteiger partial charge in [-0.3, -0.25) is 9.78 Å². The molecule has 0 bridgehead atoms. The highest BCUT2D eigenvalue weighted by atomic mass is 35.5. The maximum Gasteiger partial charge on any atom is 0.342 e. The summed E-state index contributed by atoms with van der Waals surface area (Å²) in [5.74, 6) is -0.943. The lowest BCUT2D eigenvalue weighted by Crippen LogP contribution is -2.15. The monoisotopic (exact) mass is 307 g/mol. The molecule has 0 fully saturated rings. The van der Waals surface area contributed by atoms with Gasteiger partial charge < -0.3 is 15.0 Å². The first-order chi connectivity index (χ1) is 10.0. The third kappa shape index (κ3) is 3.22. The van der Waals surface area contributed by atoms with Gasteiger partial charge in [0.2, 0.25) is 0 Å². The van der Waals surface area contributed by atoms with Crippen molar-refractivity contribution in [3.05, 3.63) is 46.5 Å². The molecule has 2 N–H and O–H groups in total. The number of hydrogen-bond acceptors (Lipinski definition) is 4. The van der Waals surface area contributed by atoms with Crippen molar-refractivity contribution in [3.63, 3.8) is 0 Å². The molecular formula is C14H14ClN3O3. The van der Waals surface area contributed by atoms with Crippen LogP contribution in [0.2, 0.25) is 5.02 Å². The Labute approximate surface area is 126 Å². The number of rotatable bonds is 4. The second-order valence-corrected chi connectivity index (χ2v) is 4.64. The summed E-state index contributed by atoms with van der Waals surface area (Å²) in [7, 11) is 0. The van der Waals surface area contributed by atoms with Gasteiger partial charge in [0.15, 0.2) is 0 Å². The third-order valence-electron chi connectivity index (χ3n) is 2.82. The predicted octanol–water partition coefficient (Wildman–Crippen LogP) is 2.80. The second kappa shape index (κ2) is 6.41. The average molecular weight is 308 g/mol. The molecule has 21 heavy (non-hydrogen) atoms. The number of ether oxygens (including phenoxy) is 1. The van der Waals surface area contributed by atoms with Gasteiger partial charge in [0.05, 0.1) is 22.9 Å². The molecule has 0 radical (unpaired) electrons. The average Bonchev–Trinajstić information content (AvgIpc) is 2.80. The molecular weight excluding hydrogens is 294 g/mol. The minimum absolute atomic E-state index is 0.229. The number of esters is 1. The van der Waals surface area contributed by atoms with E-state index in [4.69, 9.17) is 16.3 Å². The van der Waals surface area contributed by atoms with Crippen LogP contribution in [0.25, 0.3) is 0 Å². The number of H-pyrrole nitrogens is 1. The lowest BCUT2D eigenvalue weighted by atomic mass is 10.2. The number of carbonyl (C=O) groups excluding carboxylic acids is 2. The van der Waals surface area contributed by atoms with Crippen LogP contribution in [0.1, 0.15) is 33.3 Å². The van der Waals surface area contributed by atoms with Gasteiger partial charge in [-0.05, 0) is 19.9 Å². The minimum atomic E-state index is -0.496. The fourth-order valence-corrected chi connectivity index (χ4v) is 2.02. The molecule has 2 aromatic heterocycles. The van der Waals surface area contributed by atoms with E-state index in [1.807, 2.05) is 0 Å². The van der Waals surface area contributed by atoms with E-state index in [-0.39, 0.29) is 17.2 Å². The van der Waals surface area contributed by atoms with Crippen molar-refractivity contribution < 1.29 is 14.3 Å². The minimum Gasteiger partial charge on any atom is -0.462 e. The molecule has 0 aliphatic carbocycles. The van der Waals surface area contributed by atoms with Gasteiger partial charge in [-0.1, -0.05) is 11.6 Å². The number of nitrogens with zero attached hydrogens (tertiary/aromatic N) is 1. The number of amides is 1. The highest BCUT2D eigenvalue weighted by Gasteiger charge is 2.20. The Balaban J connectivity index is 2.27. The van der Waals surface area contributed by atoms with Gasteiger partial charge in [0, 0.05) is 24.3 Å². The van der Waals surface area contributed by atoms with Crippen LogP contribution in [0, 0.1) is 6.92 Å². The summed E-state index contributed by atoms with van der Waals surface area (Å²) in [6.07, 6.45) is 4.38. The lowest BCUT2D eigenvalue weighted by molar-refractivity contribution is 0.0527. The fourth-order valence-electron chi connectivity index (χ4n) is 1.83. The number of nitrogens with one attached hydrogen (secondary N) is 2. The fraction of sp³-hybridized carbons (Fsp3) is 0.214. The molecule has 1 amide bonds. The number of carbonyl (C=O) groups is 2. The first-order valence-electron chi connectivity index (χ1n) is 6.30. The largest absolute Gasteiger partial charge is 0.462 e. The topological polar surface area (TPSA) is 84.1 Å². The summed E-state index contributed by atoms with van der Waals surface area (Å²) >= 11 is 5.94. The summed E-state index contributed by atoms with van der Waals surface area (Å²) in [4.78, 5) is 30.8. The molecule has 0 saturated heterocycles. The normalized spacial score (nSPS) is 10.2. The van der Waals surface area contributed by atoms with Crippen LogP contribution < -0.4 is 5.32 Å². The van der Waals surface area contributed by atoms with Gasteiger partial charge in [-0.25, -0.2) is 4.79 Å². The Morgan fingerprint density at radius 1 is 1.48 bits per heavy atom. The van der Waals surface area contributed by atoms with E-state index in [2.05, 4.69) is 15.3 Å². The maximum absolute atomic E-state index is 12.2. The quantitative estimate of drug-likeness (QED) is 0.851. The van der Waals surface area contributed by atoms with E-state index in [0.717, 1.165) is 0 Å². The number of aryl methyl sites for hydroxylation is 1. The van der Waals surface area contributed by atoms with Crippen LogP contribution >= 0.6 is 11.6 Å². The summed E-state index contributed by atoms with van der Waals surface area (Å²) in [6, 6.07) is 1.52. The van der Waals surface area contributed by atoms with Crippen molar-refractivity contribution in [2.24, 2.45) is 0 Å². The highest BCUT2D eigenvalue weighted by molar-refractivity contribution is 6.34. The van der Waals surface area contributed by atoms with Crippen molar-refractivity contribution in [1.29, 1.82) is 0 Å². The molecule has 0 aliphatic heterocycles. The van der Waals surface area contributed by atoms with E-state index in [1.165, 1.54) is 24.7 Å². The standard InChI is InChI=1S/C14H14ClN3O3/c1-3-21-14(20)12-8(2)17-7-11(12)18-13(19)9-6-16-5-4-10(9)15/h4-7,17H,3H2,1-2H3,(H,18,19). The lowest BCUT2D eigenvalue weighted by Gasteiger charge is -2.07. The number of pyridine rings is 1. The van der Waals surface area contributed by atoms with Crippen LogP contribution in [-0.2, 0) is 4.74 Å². The number of halogens is 1. The van der Waals surface area contributed by atoms with E-state index < -0.39 is 11.9 Å². The molecule has 110 valence electrons. The molecule has 0 aliphatic rings. The van der Waals surface area contributed by atoms with E-state index in [1.54, 1.807) is 13.8 Å². The van der Waals surface area contributed by atoms with Crippen LogP contribution in [0.4, 0.5) is 5.69 Å². The Morgan fingerprint density at radius 3 is 2.90 bits per heavy atom. The Hall–Kier alpha value is -2.34. The predicted molar refractivity (Wildman–Crippen MR) is 78.7 cm³/mol. The smallest absolute Gasteiger partial charge is 0.342 e. The molecule has 0 aromatic carbocycles. The zero-order valence-corrected chi connectivity index (χ0v) is 12.3. The molecule has 2 aromatic rings. The zero-order valence-electron chi connectivity index (χ0n) is 11.6. The molecule has 0 atom stereocenters. The van der Waals surface area contributed by atoms with Crippen LogP contribution in [0.15, 0.2) is 24.7 Å². The van der Waals surface area contributed by atoms with Gasteiger partial charge in [0.1, 0.15) is 5.56 Å². The maximum atomic E-state index is 12.2. The van der Waals surface area contributed by atoms with Crippen LogP contribution in [0.5, 0.6) is 0 Å². The number of hydrogen-bond donors (Lipinski definition) is 2. The number of aromatic nitrogens is 2. The SMILES string of the molecule is CCOC(=O)c1c(NC(=O)c2cnccc2Cl)c[nH]c1C. The van der Waals surface area contributed by atoms with Crippen molar-refractivity contribution >= 4 is 29.2 Å². The van der Waals surface area contributed by atoms with Crippen molar-refractivity contribution in [1.82, 2.24) is 9.97 Å². The Kier molecular flexibility index (Phi) is 4.59. The molecule has 0 spiro atoms. The van der Waals surface area contributed by atoms with Gasteiger partial charge in [0.25, 0.3) is 5.91 Å². The molecule has 0 saturated carbocycles. The van der Waals surface area contributed by atoms with E-state index in [9.17, 15) is 9.59 Å². The molecule has 0 unspecified atom stereocenters. The molecule has 2 rings (SSSR count). The molecule has 6 nitrogen and oxygen atoms in total. The number of aromatic amines is 1. The van der Waals surface area contributed by atoms with Crippen molar-refractivity contribution in [2.45, 2.75) is 13.8 Å². The molecule has 7 heteroatoms. The highest BCUT2D eigenvalue weighted by Crippen LogP contribution is 2.22. The van der Waals surface area contributed by atoms with Gasteiger partial charge >= 0.3 is 5.97 Å². The number of anilines is 1. The van der Waals surface area contributed by atoms with Crippen LogP contribution in [0.3, 0.4) is 0 Å². The third-order valence-corrected chi connectivity index (χ3v) is 3.15. The second-order valence-electron chi connectivity index (χ2n) is 4.23. The summed E-state index contributed by atoms with van der Waals surface area (Å²) in [5.41, 5.74) is 1.48. The Bertz CT molecular complexity index is 682. The van der Waals surface area contributed by atoms with Crippen molar-refractivity contribution in [3.8, 4) is 0 Å². The summed E-state index contributed by atoms with van der Waals surface area (Å²) < 4.78 is 4.97. The van der Waals surface area contributed by atoms with Gasteiger partial charge in [-0.15, -0.1) is 0 Å². The van der Waals surface area contributed by atoms with Gasteiger partial charge in [-0.2, -0.15) is 0 Å². The molecule has 2 heterocycles. The van der Waals surface area contributed by atoms with E-state index >= 15 is 0 Å². The van der Waals surface area contributed by atoms with Crippen molar-refractivity contribution in [2.75, 3.05) is 11.9 Å².